The van der Waals surface area contributed by atoms with E-state index in [4.69, 9.17) is 4.74 Å². The molecule has 0 bridgehead atoms. The van der Waals surface area contributed by atoms with Gasteiger partial charge in [-0.15, -0.1) is 0 Å². The first-order valence-corrected chi connectivity index (χ1v) is 10.4. The molecule has 2 aromatic carbocycles. The maximum absolute atomic E-state index is 11.4. The van der Waals surface area contributed by atoms with Crippen molar-refractivity contribution in [2.75, 3.05) is 18.5 Å². The van der Waals surface area contributed by atoms with E-state index >= 15 is 0 Å². The van der Waals surface area contributed by atoms with Crippen LogP contribution in [0.25, 0.3) is 0 Å². The molecular weight excluding hydrogens is 376 g/mol. The van der Waals surface area contributed by atoms with Gasteiger partial charge in [0, 0.05) is 25.1 Å². The van der Waals surface area contributed by atoms with Crippen LogP contribution in [0.2, 0.25) is 0 Å². The second kappa shape index (κ2) is 9.44. The van der Waals surface area contributed by atoms with Gasteiger partial charge in [-0.1, -0.05) is 36.4 Å². The summed E-state index contributed by atoms with van der Waals surface area (Å²) in [6, 6.07) is 18.3. The van der Waals surface area contributed by atoms with Crippen LogP contribution >= 0.6 is 0 Å². The third kappa shape index (κ3) is 4.79. The molecule has 1 aliphatic rings. The van der Waals surface area contributed by atoms with Gasteiger partial charge in [0.25, 0.3) is 0 Å². The summed E-state index contributed by atoms with van der Waals surface area (Å²) in [5.74, 6) is 0.314. The van der Waals surface area contributed by atoms with Gasteiger partial charge in [-0.25, -0.2) is 4.79 Å². The van der Waals surface area contributed by atoms with Gasteiger partial charge in [0.2, 0.25) is 0 Å². The second-order valence-corrected chi connectivity index (χ2v) is 7.64. The van der Waals surface area contributed by atoms with Gasteiger partial charge in [0.15, 0.2) is 0 Å². The van der Waals surface area contributed by atoms with Crippen molar-refractivity contribution < 1.29 is 14.6 Å². The van der Waals surface area contributed by atoms with E-state index in [9.17, 15) is 9.90 Å². The van der Waals surface area contributed by atoms with Gasteiger partial charge < -0.3 is 15.2 Å². The monoisotopic (exact) mass is 402 g/mol. The van der Waals surface area contributed by atoms with Crippen LogP contribution in [0.5, 0.6) is 5.75 Å². The molecule has 4 rings (SSSR count). The molecule has 0 aliphatic heterocycles. The summed E-state index contributed by atoms with van der Waals surface area (Å²) in [7, 11) is 0. The molecule has 0 spiro atoms. The topological polar surface area (TPSA) is 71.5 Å². The number of aromatic carboxylic acids is 1. The van der Waals surface area contributed by atoms with Crippen LogP contribution in [-0.4, -0.2) is 29.2 Å². The average Bonchev–Trinajstić information content (AvgIpc) is 2.78. The van der Waals surface area contributed by atoms with Gasteiger partial charge >= 0.3 is 5.97 Å². The van der Waals surface area contributed by atoms with Crippen LogP contribution in [0.15, 0.2) is 67.0 Å². The largest absolute Gasteiger partial charge is 0.493 e. The van der Waals surface area contributed by atoms with Gasteiger partial charge in [0.05, 0.1) is 24.1 Å². The third-order valence-electron chi connectivity index (χ3n) is 5.65. The third-order valence-corrected chi connectivity index (χ3v) is 5.65. The van der Waals surface area contributed by atoms with Gasteiger partial charge in [-0.2, -0.15) is 0 Å². The molecule has 2 N–H and O–H groups in total. The number of ether oxygens (including phenoxy) is 1. The number of carbonyl (C=O) groups is 1. The Balaban J connectivity index is 1.39. The molecule has 1 heterocycles. The van der Waals surface area contributed by atoms with Crippen molar-refractivity contribution in [1.29, 1.82) is 0 Å². The van der Waals surface area contributed by atoms with Crippen molar-refractivity contribution in [3.63, 3.8) is 0 Å². The summed E-state index contributed by atoms with van der Waals surface area (Å²) in [5.41, 5.74) is 4.75. The molecule has 0 saturated carbocycles. The molecule has 30 heavy (non-hydrogen) atoms. The highest BCUT2D eigenvalue weighted by Crippen LogP contribution is 2.34. The molecule has 0 amide bonds. The fraction of sp³-hybridized carbons (Fsp3) is 0.280. The lowest BCUT2D eigenvalue weighted by atomic mass is 9.82. The SMILES string of the molecule is O=C(O)c1ccncc1NCC1CCCc2cc(OCCc3ccccc3)ccc21. The van der Waals surface area contributed by atoms with Crippen molar-refractivity contribution in [3.8, 4) is 5.75 Å². The number of hydrogen-bond acceptors (Lipinski definition) is 4. The summed E-state index contributed by atoms with van der Waals surface area (Å²) >= 11 is 0. The number of aromatic nitrogens is 1. The lowest BCUT2D eigenvalue weighted by Crippen LogP contribution is -2.19. The summed E-state index contributed by atoms with van der Waals surface area (Å²) in [6.07, 6.45) is 7.22. The quantitative estimate of drug-likeness (QED) is 0.559. The number of benzene rings is 2. The van der Waals surface area contributed by atoms with E-state index in [2.05, 4.69) is 40.6 Å². The molecule has 1 aliphatic carbocycles. The molecular formula is C25H26N2O3. The zero-order valence-electron chi connectivity index (χ0n) is 16.9. The van der Waals surface area contributed by atoms with Crippen molar-refractivity contribution in [2.24, 2.45) is 0 Å². The van der Waals surface area contributed by atoms with Crippen LogP contribution < -0.4 is 10.1 Å². The molecule has 1 unspecified atom stereocenters. The van der Waals surface area contributed by atoms with Crippen molar-refractivity contribution in [2.45, 2.75) is 31.6 Å². The van der Waals surface area contributed by atoms with E-state index in [1.165, 1.54) is 29.0 Å². The van der Waals surface area contributed by atoms with Gasteiger partial charge in [-0.3, -0.25) is 4.98 Å². The molecule has 5 heteroatoms. The molecule has 5 nitrogen and oxygen atoms in total. The Labute approximate surface area is 176 Å². The van der Waals surface area contributed by atoms with E-state index in [1.807, 2.05) is 18.2 Å². The fourth-order valence-electron chi connectivity index (χ4n) is 4.08. The van der Waals surface area contributed by atoms with E-state index in [1.54, 1.807) is 6.20 Å². The van der Waals surface area contributed by atoms with E-state index < -0.39 is 5.97 Å². The van der Waals surface area contributed by atoms with Gasteiger partial charge in [0.1, 0.15) is 5.75 Å². The van der Waals surface area contributed by atoms with Crippen LogP contribution in [-0.2, 0) is 12.8 Å². The Kier molecular flexibility index (Phi) is 6.28. The van der Waals surface area contributed by atoms with E-state index in [0.717, 1.165) is 31.4 Å². The lowest BCUT2D eigenvalue weighted by Gasteiger charge is -2.27. The molecule has 154 valence electrons. The minimum atomic E-state index is -0.943. The standard InChI is InChI=1S/C25H26N2O3/c28-25(29)23-11-13-26-17-24(23)27-16-20-8-4-7-19-15-21(9-10-22(19)20)30-14-12-18-5-2-1-3-6-18/h1-3,5-6,9-11,13,15,17,20,27H,4,7-8,12,14,16H2,(H,28,29). The van der Waals surface area contributed by atoms with Crippen LogP contribution in [0.4, 0.5) is 5.69 Å². The summed E-state index contributed by atoms with van der Waals surface area (Å²) in [4.78, 5) is 15.5. The minimum Gasteiger partial charge on any atom is -0.493 e. The predicted octanol–water partition coefficient (Wildman–Crippen LogP) is 4.93. The number of carboxylic acid groups (broad SMARTS) is 1. The molecule has 0 radical (unpaired) electrons. The van der Waals surface area contributed by atoms with Gasteiger partial charge in [-0.05, 0) is 54.2 Å². The summed E-state index contributed by atoms with van der Waals surface area (Å²) < 4.78 is 5.99. The maximum Gasteiger partial charge on any atom is 0.337 e. The number of anilines is 1. The van der Waals surface area contributed by atoms with E-state index in [0.29, 0.717) is 24.8 Å². The average molecular weight is 402 g/mol. The predicted molar refractivity (Wildman–Crippen MR) is 117 cm³/mol. The summed E-state index contributed by atoms with van der Waals surface area (Å²) in [5, 5.41) is 12.7. The molecule has 1 atom stereocenters. The fourth-order valence-corrected chi connectivity index (χ4v) is 4.08. The lowest BCUT2D eigenvalue weighted by molar-refractivity contribution is 0.0697. The van der Waals surface area contributed by atoms with Crippen molar-refractivity contribution in [1.82, 2.24) is 4.98 Å². The van der Waals surface area contributed by atoms with Crippen molar-refractivity contribution >= 4 is 11.7 Å². The molecule has 0 fully saturated rings. The van der Waals surface area contributed by atoms with Crippen LogP contribution in [0.3, 0.4) is 0 Å². The molecule has 0 saturated heterocycles. The Morgan fingerprint density at radius 1 is 1.17 bits per heavy atom. The molecule has 3 aromatic rings. The number of aryl methyl sites for hydroxylation is 1. The number of carboxylic acids is 1. The number of fused-ring (bicyclic) bond motifs is 1. The highest BCUT2D eigenvalue weighted by molar-refractivity contribution is 5.93. The van der Waals surface area contributed by atoms with E-state index in [-0.39, 0.29) is 5.56 Å². The summed E-state index contributed by atoms with van der Waals surface area (Å²) in [6.45, 7) is 1.35. The number of hydrogen-bond donors (Lipinski definition) is 2. The highest BCUT2D eigenvalue weighted by Gasteiger charge is 2.21. The zero-order chi connectivity index (χ0) is 20.8. The Hall–Kier alpha value is -3.34. The zero-order valence-corrected chi connectivity index (χ0v) is 16.9. The Morgan fingerprint density at radius 3 is 2.87 bits per heavy atom. The van der Waals surface area contributed by atoms with Crippen molar-refractivity contribution in [3.05, 3.63) is 89.2 Å². The normalized spacial score (nSPS) is 15.3. The number of nitrogens with one attached hydrogen (secondary N) is 1. The minimum absolute atomic E-state index is 0.253. The number of rotatable bonds is 8. The molecule has 1 aromatic heterocycles. The highest BCUT2D eigenvalue weighted by atomic mass is 16.5. The maximum atomic E-state index is 11.4. The first-order chi connectivity index (χ1) is 14.7. The smallest absolute Gasteiger partial charge is 0.337 e. The van der Waals surface area contributed by atoms with Crippen LogP contribution in [0.1, 0.15) is 45.8 Å². The first kappa shape index (κ1) is 20.0. The number of pyridine rings is 1. The Morgan fingerprint density at radius 2 is 2.03 bits per heavy atom. The second-order valence-electron chi connectivity index (χ2n) is 7.64. The number of nitrogens with zero attached hydrogens (tertiary/aromatic N) is 1. The Bertz CT molecular complexity index is 1000. The van der Waals surface area contributed by atoms with Crippen LogP contribution in [0, 0.1) is 0 Å². The first-order valence-electron chi connectivity index (χ1n) is 10.4.